The third kappa shape index (κ3) is 3.95. The van der Waals surface area contributed by atoms with Crippen molar-refractivity contribution < 1.29 is 9.90 Å². The summed E-state index contributed by atoms with van der Waals surface area (Å²) >= 11 is 0. The fourth-order valence-corrected chi connectivity index (χ4v) is 1.32. The van der Waals surface area contributed by atoms with Crippen molar-refractivity contribution in [3.8, 4) is 0 Å². The van der Waals surface area contributed by atoms with Crippen LogP contribution in [0.4, 0.5) is 0 Å². The summed E-state index contributed by atoms with van der Waals surface area (Å²) in [6, 6.07) is 9.02. The number of hydrogen-bond acceptors (Lipinski definition) is 2. The monoisotopic (exact) mass is 205 g/mol. The first-order valence-electron chi connectivity index (χ1n) is 4.85. The van der Waals surface area contributed by atoms with Gasteiger partial charge in [-0.15, -0.1) is 6.58 Å². The second kappa shape index (κ2) is 5.98. The van der Waals surface area contributed by atoms with E-state index >= 15 is 0 Å². The highest BCUT2D eigenvalue weighted by Gasteiger charge is 2.15. The van der Waals surface area contributed by atoms with Gasteiger partial charge in [0.2, 0.25) is 0 Å². The van der Waals surface area contributed by atoms with Crippen LogP contribution >= 0.6 is 0 Å². The Bertz CT molecular complexity index is 322. The summed E-state index contributed by atoms with van der Waals surface area (Å²) in [4.78, 5) is 10.9. The molecule has 1 aromatic carbocycles. The molecule has 0 aliphatic carbocycles. The zero-order valence-electron chi connectivity index (χ0n) is 8.52. The lowest BCUT2D eigenvalue weighted by Crippen LogP contribution is -2.38. The van der Waals surface area contributed by atoms with Crippen molar-refractivity contribution >= 4 is 5.97 Å². The molecular formula is C12H15NO2. The van der Waals surface area contributed by atoms with Gasteiger partial charge in [0.05, 0.1) is 0 Å². The van der Waals surface area contributed by atoms with Gasteiger partial charge in [-0.1, -0.05) is 36.4 Å². The number of carboxylic acid groups (broad SMARTS) is 1. The summed E-state index contributed by atoms with van der Waals surface area (Å²) in [6.07, 6.45) is 2.14. The van der Waals surface area contributed by atoms with Crippen LogP contribution in [0.3, 0.4) is 0 Å². The number of nitrogens with one attached hydrogen (secondary N) is 1. The zero-order chi connectivity index (χ0) is 11.1. The number of carboxylic acids is 1. The minimum atomic E-state index is -0.833. The fourth-order valence-electron chi connectivity index (χ4n) is 1.32. The largest absolute Gasteiger partial charge is 0.480 e. The van der Waals surface area contributed by atoms with Gasteiger partial charge in [0.1, 0.15) is 6.04 Å². The smallest absolute Gasteiger partial charge is 0.321 e. The third-order valence-corrected chi connectivity index (χ3v) is 2.09. The summed E-state index contributed by atoms with van der Waals surface area (Å²) in [5.74, 6) is -0.833. The molecule has 0 spiro atoms. The van der Waals surface area contributed by atoms with Crippen LogP contribution in [0, 0.1) is 0 Å². The number of rotatable bonds is 6. The minimum Gasteiger partial charge on any atom is -0.480 e. The molecule has 0 amide bonds. The molecule has 0 saturated heterocycles. The molecule has 1 rings (SSSR count). The van der Waals surface area contributed by atoms with Gasteiger partial charge in [0.15, 0.2) is 0 Å². The molecule has 0 radical (unpaired) electrons. The SMILES string of the molecule is C=CCN[C@@H](Cc1ccccc1)C(=O)O. The van der Waals surface area contributed by atoms with Crippen LogP contribution in [0.1, 0.15) is 5.56 Å². The third-order valence-electron chi connectivity index (χ3n) is 2.09. The van der Waals surface area contributed by atoms with E-state index in [1.807, 2.05) is 30.3 Å². The molecule has 0 aliphatic rings. The maximum atomic E-state index is 10.9. The molecular weight excluding hydrogens is 190 g/mol. The van der Waals surface area contributed by atoms with Crippen molar-refractivity contribution in [2.45, 2.75) is 12.5 Å². The van der Waals surface area contributed by atoms with Gasteiger partial charge in [0, 0.05) is 6.54 Å². The Hall–Kier alpha value is -1.61. The molecule has 15 heavy (non-hydrogen) atoms. The summed E-state index contributed by atoms with van der Waals surface area (Å²) in [6.45, 7) is 4.05. The Kier molecular flexibility index (Phi) is 4.57. The van der Waals surface area contributed by atoms with E-state index in [2.05, 4.69) is 11.9 Å². The summed E-state index contributed by atoms with van der Waals surface area (Å²) < 4.78 is 0. The Morgan fingerprint density at radius 1 is 1.47 bits per heavy atom. The zero-order valence-corrected chi connectivity index (χ0v) is 8.52. The lowest BCUT2D eigenvalue weighted by molar-refractivity contribution is -0.139. The number of aliphatic carboxylic acids is 1. The molecule has 0 fully saturated rings. The normalized spacial score (nSPS) is 12.0. The maximum absolute atomic E-state index is 10.9. The van der Waals surface area contributed by atoms with Gasteiger partial charge in [-0.3, -0.25) is 4.79 Å². The number of benzene rings is 1. The number of hydrogen-bond donors (Lipinski definition) is 2. The fraction of sp³-hybridized carbons (Fsp3) is 0.250. The molecule has 0 bridgehead atoms. The highest BCUT2D eigenvalue weighted by Crippen LogP contribution is 2.03. The molecule has 1 atom stereocenters. The van der Waals surface area contributed by atoms with E-state index < -0.39 is 12.0 Å². The van der Waals surface area contributed by atoms with Gasteiger partial charge < -0.3 is 10.4 Å². The number of carbonyl (C=O) groups is 1. The van der Waals surface area contributed by atoms with E-state index in [0.717, 1.165) is 5.56 Å². The second-order valence-corrected chi connectivity index (χ2v) is 3.28. The van der Waals surface area contributed by atoms with Crippen LogP contribution in [0.5, 0.6) is 0 Å². The van der Waals surface area contributed by atoms with Gasteiger partial charge in [0.25, 0.3) is 0 Å². The van der Waals surface area contributed by atoms with E-state index in [4.69, 9.17) is 5.11 Å². The summed E-state index contributed by atoms with van der Waals surface area (Å²) in [5, 5.41) is 11.9. The topological polar surface area (TPSA) is 49.3 Å². The Morgan fingerprint density at radius 2 is 2.13 bits per heavy atom. The average Bonchev–Trinajstić information content (AvgIpc) is 2.25. The van der Waals surface area contributed by atoms with Crippen molar-refractivity contribution in [2.75, 3.05) is 6.54 Å². The maximum Gasteiger partial charge on any atom is 0.321 e. The predicted molar refractivity (Wildman–Crippen MR) is 59.8 cm³/mol. The van der Waals surface area contributed by atoms with Crippen LogP contribution in [0.15, 0.2) is 43.0 Å². The highest BCUT2D eigenvalue weighted by atomic mass is 16.4. The molecule has 3 nitrogen and oxygen atoms in total. The van der Waals surface area contributed by atoms with Crippen molar-refractivity contribution in [1.29, 1.82) is 0 Å². The van der Waals surface area contributed by atoms with Crippen molar-refractivity contribution in [1.82, 2.24) is 5.32 Å². The van der Waals surface area contributed by atoms with Crippen LogP contribution < -0.4 is 5.32 Å². The van der Waals surface area contributed by atoms with Crippen molar-refractivity contribution in [2.24, 2.45) is 0 Å². The lowest BCUT2D eigenvalue weighted by Gasteiger charge is -2.12. The summed E-state index contributed by atoms with van der Waals surface area (Å²) in [5.41, 5.74) is 1.02. The van der Waals surface area contributed by atoms with Crippen LogP contribution in [-0.2, 0) is 11.2 Å². The standard InChI is InChI=1S/C12H15NO2/c1-2-8-13-11(12(14)15)9-10-6-4-3-5-7-10/h2-7,11,13H,1,8-9H2,(H,14,15)/t11-/m0/s1. The van der Waals surface area contributed by atoms with Gasteiger partial charge in [-0.05, 0) is 12.0 Å². The second-order valence-electron chi connectivity index (χ2n) is 3.28. The van der Waals surface area contributed by atoms with Crippen LogP contribution in [0.25, 0.3) is 0 Å². The molecule has 0 saturated carbocycles. The van der Waals surface area contributed by atoms with E-state index in [0.29, 0.717) is 13.0 Å². The van der Waals surface area contributed by atoms with Gasteiger partial charge in [-0.2, -0.15) is 0 Å². The van der Waals surface area contributed by atoms with Gasteiger partial charge in [-0.25, -0.2) is 0 Å². The molecule has 0 unspecified atom stereocenters. The highest BCUT2D eigenvalue weighted by molar-refractivity contribution is 5.73. The Balaban J connectivity index is 2.58. The van der Waals surface area contributed by atoms with E-state index in [1.54, 1.807) is 6.08 Å². The molecule has 1 aromatic rings. The minimum absolute atomic E-state index is 0.490. The molecule has 0 heterocycles. The predicted octanol–water partition coefficient (Wildman–Crippen LogP) is 1.46. The van der Waals surface area contributed by atoms with E-state index in [9.17, 15) is 4.79 Å². The lowest BCUT2D eigenvalue weighted by atomic mass is 10.1. The molecule has 3 heteroatoms. The first-order valence-corrected chi connectivity index (χ1v) is 4.85. The van der Waals surface area contributed by atoms with E-state index in [1.165, 1.54) is 0 Å². The molecule has 80 valence electrons. The first-order chi connectivity index (χ1) is 7.24. The van der Waals surface area contributed by atoms with E-state index in [-0.39, 0.29) is 0 Å². The van der Waals surface area contributed by atoms with Crippen molar-refractivity contribution in [3.05, 3.63) is 48.6 Å². The summed E-state index contributed by atoms with van der Waals surface area (Å²) in [7, 11) is 0. The molecule has 2 N–H and O–H groups in total. The quantitative estimate of drug-likeness (QED) is 0.691. The van der Waals surface area contributed by atoms with Crippen LogP contribution in [-0.4, -0.2) is 23.7 Å². The Morgan fingerprint density at radius 3 is 2.67 bits per heavy atom. The first kappa shape index (κ1) is 11.5. The van der Waals surface area contributed by atoms with Gasteiger partial charge >= 0.3 is 5.97 Å². The molecule has 0 aliphatic heterocycles. The average molecular weight is 205 g/mol. The van der Waals surface area contributed by atoms with Crippen LogP contribution in [0.2, 0.25) is 0 Å². The van der Waals surface area contributed by atoms with Crippen molar-refractivity contribution in [3.63, 3.8) is 0 Å². The Labute approximate surface area is 89.4 Å². The molecule has 0 aromatic heterocycles.